The van der Waals surface area contributed by atoms with Gasteiger partial charge in [0.1, 0.15) is 11.4 Å². The predicted octanol–water partition coefficient (Wildman–Crippen LogP) is 5.57. The highest BCUT2D eigenvalue weighted by molar-refractivity contribution is 7.20. The summed E-state index contributed by atoms with van der Waals surface area (Å²) in [5, 5.41) is 8.60. The molecule has 1 N–H and O–H groups in total. The number of benzene rings is 2. The molecule has 0 atom stereocenters. The van der Waals surface area contributed by atoms with Crippen LogP contribution < -0.4 is 10.2 Å². The average Bonchev–Trinajstić information content (AvgIpc) is 3.33. The van der Waals surface area contributed by atoms with E-state index in [4.69, 9.17) is 0 Å². The summed E-state index contributed by atoms with van der Waals surface area (Å²) in [6.07, 6.45) is 0. The number of anilines is 1. The molecule has 0 aliphatic rings. The maximum Gasteiger partial charge on any atom is 0.268 e. The quantitative estimate of drug-likeness (QED) is 0.411. The average molecular weight is 475 g/mol. The van der Waals surface area contributed by atoms with Gasteiger partial charge in [-0.2, -0.15) is 5.10 Å². The molecule has 0 saturated heterocycles. The van der Waals surface area contributed by atoms with Gasteiger partial charge in [-0.1, -0.05) is 30.3 Å². The van der Waals surface area contributed by atoms with Crippen LogP contribution in [0, 0.1) is 20.8 Å². The molecule has 4 rings (SSSR count). The molecule has 0 saturated carbocycles. The smallest absolute Gasteiger partial charge is 0.268 e. The number of thiophene rings is 1. The second kappa shape index (κ2) is 9.06. The highest BCUT2D eigenvalue weighted by atomic mass is 32.1. The third-order valence-corrected chi connectivity index (χ3v) is 6.57. The molecule has 34 heavy (non-hydrogen) atoms. The molecule has 176 valence electrons. The maximum atomic E-state index is 13.9. The summed E-state index contributed by atoms with van der Waals surface area (Å²) in [6, 6.07) is 17.7. The lowest BCUT2D eigenvalue weighted by Crippen LogP contribution is -2.47. The van der Waals surface area contributed by atoms with Gasteiger partial charge in [0.25, 0.3) is 5.91 Å². The van der Waals surface area contributed by atoms with Crippen LogP contribution in [0.2, 0.25) is 0 Å². The van der Waals surface area contributed by atoms with Crippen LogP contribution in [0.3, 0.4) is 0 Å². The standard InChI is InChI=1S/C27H30N4O2S/c1-17-12-13-18(2)22(14-17)30(16-24(32)28-27(4,5)6)25(33)23-15-21-19(3)29-31(26(21)34-23)20-10-8-7-9-11-20/h7-15H,16H2,1-6H3,(H,28,32). The number of para-hydroxylation sites is 1. The van der Waals surface area contributed by atoms with Gasteiger partial charge in [-0.05, 0) is 76.9 Å². The van der Waals surface area contributed by atoms with Crippen LogP contribution in [0.4, 0.5) is 5.69 Å². The van der Waals surface area contributed by atoms with Crippen LogP contribution >= 0.6 is 11.3 Å². The topological polar surface area (TPSA) is 67.2 Å². The number of nitrogens with zero attached hydrogens (tertiary/aromatic N) is 3. The third-order valence-electron chi connectivity index (χ3n) is 5.47. The number of amides is 2. The number of rotatable bonds is 5. The summed E-state index contributed by atoms with van der Waals surface area (Å²) in [4.78, 5) is 29.8. The maximum absolute atomic E-state index is 13.9. The van der Waals surface area contributed by atoms with Crippen molar-refractivity contribution < 1.29 is 9.59 Å². The van der Waals surface area contributed by atoms with Gasteiger partial charge in [0.15, 0.2) is 0 Å². The fourth-order valence-corrected chi connectivity index (χ4v) is 5.04. The lowest BCUT2D eigenvalue weighted by Gasteiger charge is -2.27. The summed E-state index contributed by atoms with van der Waals surface area (Å²) < 4.78 is 1.88. The first-order chi connectivity index (χ1) is 16.0. The normalized spacial score (nSPS) is 11.6. The van der Waals surface area contributed by atoms with E-state index in [1.807, 2.05) is 101 Å². The van der Waals surface area contributed by atoms with E-state index < -0.39 is 0 Å². The lowest BCUT2D eigenvalue weighted by molar-refractivity contribution is -0.121. The second-order valence-electron chi connectivity index (χ2n) is 9.64. The summed E-state index contributed by atoms with van der Waals surface area (Å²) >= 11 is 1.40. The Hall–Kier alpha value is -3.45. The molecule has 0 bridgehead atoms. The number of aromatic nitrogens is 2. The van der Waals surface area contributed by atoms with Crippen molar-refractivity contribution in [3.05, 3.63) is 76.3 Å². The molecule has 2 amide bonds. The van der Waals surface area contributed by atoms with Gasteiger partial charge in [0.05, 0.1) is 16.3 Å². The van der Waals surface area contributed by atoms with Gasteiger partial charge in [-0.25, -0.2) is 4.68 Å². The van der Waals surface area contributed by atoms with Gasteiger partial charge in [0, 0.05) is 16.6 Å². The second-order valence-corrected chi connectivity index (χ2v) is 10.7. The Bertz CT molecular complexity index is 1360. The van der Waals surface area contributed by atoms with Gasteiger partial charge >= 0.3 is 0 Å². The van der Waals surface area contributed by atoms with E-state index in [0.29, 0.717) is 4.88 Å². The monoisotopic (exact) mass is 474 g/mol. The summed E-state index contributed by atoms with van der Waals surface area (Å²) in [5.74, 6) is -0.396. The van der Waals surface area contributed by atoms with Crippen LogP contribution in [0.15, 0.2) is 54.6 Å². The molecule has 2 aromatic heterocycles. The number of hydrogen-bond acceptors (Lipinski definition) is 4. The van der Waals surface area contributed by atoms with Crippen LogP contribution in [0.1, 0.15) is 47.3 Å². The minimum atomic E-state index is -0.388. The lowest BCUT2D eigenvalue weighted by atomic mass is 10.1. The molecular formula is C27H30N4O2S. The Kier molecular flexibility index (Phi) is 6.32. The molecule has 0 spiro atoms. The van der Waals surface area contributed by atoms with Crippen molar-refractivity contribution in [2.45, 2.75) is 47.1 Å². The minimum absolute atomic E-state index is 0.0571. The van der Waals surface area contributed by atoms with Crippen molar-refractivity contribution in [1.82, 2.24) is 15.1 Å². The Morgan fingerprint density at radius 3 is 2.41 bits per heavy atom. The zero-order valence-corrected chi connectivity index (χ0v) is 21.3. The van der Waals surface area contributed by atoms with Crippen molar-refractivity contribution >= 4 is 39.1 Å². The summed E-state index contributed by atoms with van der Waals surface area (Å²) in [5.41, 5.74) is 4.13. The number of carbonyl (C=O) groups is 2. The van der Waals surface area contributed by atoms with Crippen LogP contribution in [-0.4, -0.2) is 33.7 Å². The molecule has 2 aromatic carbocycles. The number of fused-ring (bicyclic) bond motifs is 1. The van der Waals surface area contributed by atoms with Crippen LogP contribution in [-0.2, 0) is 4.79 Å². The van der Waals surface area contributed by atoms with Crippen molar-refractivity contribution in [2.24, 2.45) is 0 Å². The van der Waals surface area contributed by atoms with E-state index in [2.05, 4.69) is 10.4 Å². The van der Waals surface area contributed by atoms with Gasteiger partial charge < -0.3 is 5.32 Å². The number of nitrogens with one attached hydrogen (secondary N) is 1. The Morgan fingerprint density at radius 1 is 1.03 bits per heavy atom. The molecule has 2 heterocycles. The highest BCUT2D eigenvalue weighted by Gasteiger charge is 2.27. The van der Waals surface area contributed by atoms with E-state index in [9.17, 15) is 9.59 Å². The molecule has 0 aliphatic heterocycles. The van der Waals surface area contributed by atoms with Crippen molar-refractivity contribution in [3.8, 4) is 5.69 Å². The fraction of sp³-hybridized carbons (Fsp3) is 0.296. The van der Waals surface area contributed by atoms with Gasteiger partial charge in [-0.3, -0.25) is 14.5 Å². The zero-order valence-electron chi connectivity index (χ0n) is 20.5. The number of aryl methyl sites for hydroxylation is 3. The first-order valence-electron chi connectivity index (χ1n) is 11.3. The molecule has 0 fully saturated rings. The number of carbonyl (C=O) groups excluding carboxylic acids is 2. The highest BCUT2D eigenvalue weighted by Crippen LogP contribution is 2.32. The summed E-state index contributed by atoms with van der Waals surface area (Å²) in [6.45, 7) is 11.6. The number of hydrogen-bond donors (Lipinski definition) is 1. The Labute approximate surface area is 204 Å². The minimum Gasteiger partial charge on any atom is -0.350 e. The SMILES string of the molecule is Cc1ccc(C)c(N(CC(=O)NC(C)(C)C)C(=O)c2cc3c(C)nn(-c4ccccc4)c3s2)c1. The van der Waals surface area contributed by atoms with Gasteiger partial charge in [0.2, 0.25) is 5.91 Å². The molecular weight excluding hydrogens is 444 g/mol. The molecule has 0 aliphatic carbocycles. The molecule has 4 aromatic rings. The Morgan fingerprint density at radius 2 is 1.74 bits per heavy atom. The molecule has 0 radical (unpaired) electrons. The van der Waals surface area contributed by atoms with Crippen molar-refractivity contribution in [3.63, 3.8) is 0 Å². The molecule has 0 unspecified atom stereocenters. The molecule has 7 heteroatoms. The van der Waals surface area contributed by atoms with E-state index in [-0.39, 0.29) is 23.9 Å². The van der Waals surface area contributed by atoms with E-state index in [1.165, 1.54) is 11.3 Å². The first-order valence-corrected chi connectivity index (χ1v) is 12.1. The molecule has 6 nitrogen and oxygen atoms in total. The predicted molar refractivity (Wildman–Crippen MR) is 139 cm³/mol. The van der Waals surface area contributed by atoms with Crippen LogP contribution in [0.25, 0.3) is 15.9 Å². The summed E-state index contributed by atoms with van der Waals surface area (Å²) in [7, 11) is 0. The van der Waals surface area contributed by atoms with E-state index >= 15 is 0 Å². The van der Waals surface area contributed by atoms with Crippen LogP contribution in [0.5, 0.6) is 0 Å². The van der Waals surface area contributed by atoms with Crippen molar-refractivity contribution in [1.29, 1.82) is 0 Å². The zero-order chi connectivity index (χ0) is 24.6. The Balaban J connectivity index is 1.77. The third kappa shape index (κ3) is 4.89. The fourth-order valence-electron chi connectivity index (χ4n) is 3.91. The largest absolute Gasteiger partial charge is 0.350 e. The van der Waals surface area contributed by atoms with Crippen molar-refractivity contribution in [2.75, 3.05) is 11.4 Å². The van der Waals surface area contributed by atoms with Gasteiger partial charge in [-0.15, -0.1) is 11.3 Å². The van der Waals surface area contributed by atoms with E-state index in [1.54, 1.807) is 4.90 Å². The van der Waals surface area contributed by atoms with E-state index in [0.717, 1.165) is 38.4 Å². The first kappa shape index (κ1) is 23.7.